The first-order valence-electron chi connectivity index (χ1n) is 7.71. The molecule has 0 radical (unpaired) electrons. The lowest BCUT2D eigenvalue weighted by molar-refractivity contribution is -0.129. The minimum atomic E-state index is -0.501. The molecule has 1 aliphatic rings. The maximum atomic E-state index is 12.4. The fourth-order valence-corrected chi connectivity index (χ4v) is 2.57. The second-order valence-electron chi connectivity index (χ2n) is 5.52. The summed E-state index contributed by atoms with van der Waals surface area (Å²) in [5.74, 6) is -1.74. The summed E-state index contributed by atoms with van der Waals surface area (Å²) in [6.07, 6.45) is 1.61. The van der Waals surface area contributed by atoms with E-state index in [-0.39, 0.29) is 25.3 Å². The molecule has 0 bridgehead atoms. The van der Waals surface area contributed by atoms with Crippen molar-refractivity contribution in [2.45, 2.75) is 12.8 Å². The first-order chi connectivity index (χ1) is 12.1. The van der Waals surface area contributed by atoms with Crippen molar-refractivity contribution in [1.29, 1.82) is 0 Å². The van der Waals surface area contributed by atoms with Crippen molar-refractivity contribution < 1.29 is 19.2 Å². The Morgan fingerprint density at radius 1 is 1.08 bits per heavy atom. The molecule has 2 aromatic rings. The molecule has 1 aromatic carbocycles. The van der Waals surface area contributed by atoms with Crippen molar-refractivity contribution in [3.63, 3.8) is 0 Å². The van der Waals surface area contributed by atoms with Gasteiger partial charge in [0.2, 0.25) is 11.8 Å². The Morgan fingerprint density at radius 3 is 2.64 bits per heavy atom. The molecule has 0 atom stereocenters. The number of benzene rings is 1. The number of carbonyl (C=O) groups excluding carboxylic acids is 4. The predicted octanol–water partition coefficient (Wildman–Crippen LogP) is 0.391. The van der Waals surface area contributed by atoms with Crippen LogP contribution in [0.1, 0.15) is 32.8 Å². The summed E-state index contributed by atoms with van der Waals surface area (Å²) in [6.45, 7) is -0.0454. The monoisotopic (exact) mass is 340 g/mol. The first kappa shape index (κ1) is 16.4. The summed E-state index contributed by atoms with van der Waals surface area (Å²) >= 11 is 0. The number of H-pyrrole nitrogens is 1. The average molecular weight is 340 g/mol. The highest BCUT2D eigenvalue weighted by atomic mass is 16.2. The Labute approximate surface area is 143 Å². The number of hydrazine groups is 1. The molecule has 8 heteroatoms. The van der Waals surface area contributed by atoms with Gasteiger partial charge in [0.1, 0.15) is 5.69 Å². The molecule has 0 aliphatic carbocycles. The van der Waals surface area contributed by atoms with Gasteiger partial charge < -0.3 is 4.98 Å². The predicted molar refractivity (Wildman–Crippen MR) is 87.2 cm³/mol. The molecular formula is C17H16N4O4. The summed E-state index contributed by atoms with van der Waals surface area (Å²) in [4.78, 5) is 51.7. The highest BCUT2D eigenvalue weighted by Gasteiger charge is 2.30. The third-order valence-corrected chi connectivity index (χ3v) is 3.86. The summed E-state index contributed by atoms with van der Waals surface area (Å²) in [5, 5.41) is 0. The molecule has 1 aliphatic heterocycles. The van der Waals surface area contributed by atoms with E-state index >= 15 is 0 Å². The zero-order chi connectivity index (χ0) is 17.8. The summed E-state index contributed by atoms with van der Waals surface area (Å²) < 4.78 is 0. The minimum Gasteiger partial charge on any atom is -0.357 e. The van der Waals surface area contributed by atoms with Crippen LogP contribution in [0.4, 0.5) is 0 Å². The van der Waals surface area contributed by atoms with Gasteiger partial charge in [-0.2, -0.15) is 0 Å². The van der Waals surface area contributed by atoms with Gasteiger partial charge in [0.05, 0.1) is 6.42 Å². The summed E-state index contributed by atoms with van der Waals surface area (Å²) in [7, 11) is 0. The summed E-state index contributed by atoms with van der Waals surface area (Å²) in [6, 6.07) is 10.1. The van der Waals surface area contributed by atoms with Gasteiger partial charge in [0.25, 0.3) is 11.8 Å². The maximum Gasteiger partial charge on any atom is 0.286 e. The van der Waals surface area contributed by atoms with Crippen molar-refractivity contribution >= 4 is 23.6 Å². The van der Waals surface area contributed by atoms with Crippen LogP contribution in [0.2, 0.25) is 0 Å². The lowest BCUT2D eigenvalue weighted by Gasteiger charge is -2.26. The van der Waals surface area contributed by atoms with Crippen LogP contribution in [0.25, 0.3) is 0 Å². The number of aromatic nitrogens is 1. The fraction of sp³-hybridized carbons (Fsp3) is 0.176. The standard InChI is InChI=1S/C17H16N4O4/c22-14(19-20-16(24)13-6-3-8-18-13)7-9-21-15(23)10-11-4-1-2-5-12(11)17(21)25/h1-6,8,18H,7,9-10H2,(H,19,22)(H,20,24). The van der Waals surface area contributed by atoms with Crippen LogP contribution < -0.4 is 10.9 Å². The van der Waals surface area contributed by atoms with E-state index in [2.05, 4.69) is 15.8 Å². The highest BCUT2D eigenvalue weighted by Crippen LogP contribution is 2.19. The van der Waals surface area contributed by atoms with E-state index in [9.17, 15) is 19.2 Å². The van der Waals surface area contributed by atoms with Gasteiger partial charge in [-0.05, 0) is 23.8 Å². The summed E-state index contributed by atoms with van der Waals surface area (Å²) in [5.41, 5.74) is 5.97. The first-order valence-corrected chi connectivity index (χ1v) is 7.71. The number of imide groups is 1. The number of carbonyl (C=O) groups is 4. The second kappa shape index (κ2) is 7.00. The van der Waals surface area contributed by atoms with E-state index in [1.54, 1.807) is 42.6 Å². The van der Waals surface area contributed by atoms with Gasteiger partial charge in [-0.15, -0.1) is 0 Å². The number of hydrogen-bond acceptors (Lipinski definition) is 4. The molecule has 25 heavy (non-hydrogen) atoms. The molecule has 128 valence electrons. The normalized spacial score (nSPS) is 13.4. The number of nitrogens with zero attached hydrogens (tertiary/aromatic N) is 1. The van der Waals surface area contributed by atoms with Crippen LogP contribution in [0.5, 0.6) is 0 Å². The highest BCUT2D eigenvalue weighted by molar-refractivity contribution is 6.09. The van der Waals surface area contributed by atoms with E-state index in [0.717, 1.165) is 4.90 Å². The third kappa shape index (κ3) is 3.57. The van der Waals surface area contributed by atoms with Crippen molar-refractivity contribution in [2.24, 2.45) is 0 Å². The van der Waals surface area contributed by atoms with Gasteiger partial charge in [0, 0.05) is 24.7 Å². The lowest BCUT2D eigenvalue weighted by Crippen LogP contribution is -2.46. The Kier molecular flexibility index (Phi) is 4.60. The molecule has 0 spiro atoms. The van der Waals surface area contributed by atoms with Gasteiger partial charge >= 0.3 is 0 Å². The van der Waals surface area contributed by atoms with E-state index in [1.165, 1.54) is 0 Å². The van der Waals surface area contributed by atoms with Crippen molar-refractivity contribution in [1.82, 2.24) is 20.7 Å². The largest absolute Gasteiger partial charge is 0.357 e. The number of amides is 4. The van der Waals surface area contributed by atoms with Crippen molar-refractivity contribution in [2.75, 3.05) is 6.54 Å². The smallest absolute Gasteiger partial charge is 0.286 e. The van der Waals surface area contributed by atoms with Crippen LogP contribution in [0.3, 0.4) is 0 Å². The van der Waals surface area contributed by atoms with Gasteiger partial charge in [-0.1, -0.05) is 18.2 Å². The van der Waals surface area contributed by atoms with E-state index < -0.39 is 17.7 Å². The number of fused-ring (bicyclic) bond motifs is 1. The number of nitrogens with one attached hydrogen (secondary N) is 3. The Hall–Kier alpha value is -3.42. The number of rotatable bonds is 4. The minimum absolute atomic E-state index is 0.0454. The maximum absolute atomic E-state index is 12.4. The van der Waals surface area contributed by atoms with E-state index in [1.807, 2.05) is 0 Å². The van der Waals surface area contributed by atoms with Crippen LogP contribution >= 0.6 is 0 Å². The number of aromatic amines is 1. The quantitative estimate of drug-likeness (QED) is 0.552. The zero-order valence-corrected chi connectivity index (χ0v) is 13.2. The van der Waals surface area contributed by atoms with Crippen molar-refractivity contribution in [3.05, 3.63) is 59.4 Å². The topological polar surface area (TPSA) is 111 Å². The zero-order valence-electron chi connectivity index (χ0n) is 13.2. The molecule has 3 rings (SSSR count). The second-order valence-corrected chi connectivity index (χ2v) is 5.52. The van der Waals surface area contributed by atoms with Crippen LogP contribution in [0.15, 0.2) is 42.6 Å². The fourth-order valence-electron chi connectivity index (χ4n) is 2.57. The SMILES string of the molecule is O=C(CCN1C(=O)Cc2ccccc2C1=O)NNC(=O)c1ccc[nH]1. The molecule has 0 unspecified atom stereocenters. The van der Waals surface area contributed by atoms with E-state index in [0.29, 0.717) is 16.8 Å². The van der Waals surface area contributed by atoms with Gasteiger partial charge in [0.15, 0.2) is 0 Å². The Bertz CT molecular complexity index is 829. The third-order valence-electron chi connectivity index (χ3n) is 3.86. The van der Waals surface area contributed by atoms with Gasteiger partial charge in [-0.3, -0.25) is 34.9 Å². The Morgan fingerprint density at radius 2 is 1.88 bits per heavy atom. The van der Waals surface area contributed by atoms with Crippen LogP contribution in [-0.2, 0) is 16.0 Å². The molecule has 8 nitrogen and oxygen atoms in total. The lowest BCUT2D eigenvalue weighted by atomic mass is 9.98. The van der Waals surface area contributed by atoms with E-state index in [4.69, 9.17) is 0 Å². The molecule has 0 saturated carbocycles. The van der Waals surface area contributed by atoms with Crippen LogP contribution in [0, 0.1) is 0 Å². The molecule has 0 saturated heterocycles. The molecule has 3 N–H and O–H groups in total. The molecule has 1 aromatic heterocycles. The number of hydrogen-bond donors (Lipinski definition) is 3. The van der Waals surface area contributed by atoms with Crippen LogP contribution in [-0.4, -0.2) is 40.1 Å². The Balaban J connectivity index is 1.53. The molecular weight excluding hydrogens is 324 g/mol. The molecule has 2 heterocycles. The average Bonchev–Trinajstić information content (AvgIpc) is 3.14. The molecule has 0 fully saturated rings. The molecule has 4 amide bonds. The van der Waals surface area contributed by atoms with Gasteiger partial charge in [-0.25, -0.2) is 0 Å². The van der Waals surface area contributed by atoms with Crippen molar-refractivity contribution in [3.8, 4) is 0 Å².